The zero-order valence-electron chi connectivity index (χ0n) is 10.4. The van der Waals surface area contributed by atoms with Gasteiger partial charge in [-0.1, -0.05) is 12.1 Å². The summed E-state index contributed by atoms with van der Waals surface area (Å²) >= 11 is 6.45. The minimum atomic E-state index is -0.120. The predicted octanol–water partition coefficient (Wildman–Crippen LogP) is 3.38. The fourth-order valence-electron chi connectivity index (χ4n) is 2.08. The Bertz CT molecular complexity index is 559. The number of hydrogen-bond acceptors (Lipinski definition) is 3. The second-order valence-electron chi connectivity index (χ2n) is 4.40. The standard InChI is InChI=1S/C15H14ClNO2/c16-13(10-12-3-1-2-6-17-12)11-4-5-14-15(9-11)19-8-7-18-14/h1-6,9,13H,7-8,10H2. The van der Waals surface area contributed by atoms with E-state index in [0.29, 0.717) is 19.6 Å². The number of fused-ring (bicyclic) bond motifs is 1. The Morgan fingerprint density at radius 3 is 2.74 bits per heavy atom. The van der Waals surface area contributed by atoms with Crippen molar-refractivity contribution in [1.29, 1.82) is 0 Å². The van der Waals surface area contributed by atoms with Gasteiger partial charge in [-0.2, -0.15) is 0 Å². The van der Waals surface area contributed by atoms with Crippen molar-refractivity contribution in [3.8, 4) is 11.5 Å². The van der Waals surface area contributed by atoms with E-state index in [9.17, 15) is 0 Å². The number of nitrogens with zero attached hydrogens (tertiary/aromatic N) is 1. The number of rotatable bonds is 3. The third kappa shape index (κ3) is 2.82. The molecule has 1 aromatic carbocycles. The first kappa shape index (κ1) is 12.3. The topological polar surface area (TPSA) is 31.4 Å². The van der Waals surface area contributed by atoms with Crippen molar-refractivity contribution >= 4 is 11.6 Å². The number of benzene rings is 1. The van der Waals surface area contributed by atoms with E-state index in [1.54, 1.807) is 6.20 Å². The molecule has 0 saturated heterocycles. The maximum atomic E-state index is 6.45. The van der Waals surface area contributed by atoms with E-state index in [-0.39, 0.29) is 5.38 Å². The fraction of sp³-hybridized carbons (Fsp3) is 0.267. The van der Waals surface area contributed by atoms with Crippen molar-refractivity contribution in [3.05, 3.63) is 53.9 Å². The van der Waals surface area contributed by atoms with Gasteiger partial charge in [-0.15, -0.1) is 11.6 Å². The van der Waals surface area contributed by atoms with Crippen LogP contribution in [0.4, 0.5) is 0 Å². The lowest BCUT2D eigenvalue weighted by Gasteiger charge is -2.20. The van der Waals surface area contributed by atoms with Gasteiger partial charge < -0.3 is 9.47 Å². The number of alkyl halides is 1. The molecule has 2 aromatic rings. The highest BCUT2D eigenvalue weighted by atomic mass is 35.5. The Labute approximate surface area is 117 Å². The van der Waals surface area contributed by atoms with Gasteiger partial charge in [-0.05, 0) is 29.8 Å². The van der Waals surface area contributed by atoms with Crippen molar-refractivity contribution in [2.75, 3.05) is 13.2 Å². The first-order valence-corrected chi connectivity index (χ1v) is 6.70. The van der Waals surface area contributed by atoms with Gasteiger partial charge >= 0.3 is 0 Å². The highest BCUT2D eigenvalue weighted by Gasteiger charge is 2.16. The van der Waals surface area contributed by atoms with Gasteiger partial charge in [0.25, 0.3) is 0 Å². The Morgan fingerprint density at radius 1 is 1.11 bits per heavy atom. The molecule has 0 bridgehead atoms. The van der Waals surface area contributed by atoms with Crippen LogP contribution >= 0.6 is 11.6 Å². The summed E-state index contributed by atoms with van der Waals surface area (Å²) in [7, 11) is 0. The van der Waals surface area contributed by atoms with Crippen LogP contribution in [-0.4, -0.2) is 18.2 Å². The molecule has 1 aromatic heterocycles. The van der Waals surface area contributed by atoms with E-state index in [4.69, 9.17) is 21.1 Å². The van der Waals surface area contributed by atoms with Gasteiger partial charge in [0, 0.05) is 18.3 Å². The SMILES string of the molecule is ClC(Cc1ccccn1)c1ccc2c(c1)OCCO2. The molecule has 98 valence electrons. The van der Waals surface area contributed by atoms with Gasteiger partial charge in [0.1, 0.15) is 13.2 Å². The van der Waals surface area contributed by atoms with E-state index in [1.807, 2.05) is 36.4 Å². The molecular weight excluding hydrogens is 262 g/mol. The van der Waals surface area contributed by atoms with Gasteiger partial charge in [0.2, 0.25) is 0 Å². The van der Waals surface area contributed by atoms with Crippen LogP contribution in [0.3, 0.4) is 0 Å². The lowest BCUT2D eigenvalue weighted by Crippen LogP contribution is -2.15. The Balaban J connectivity index is 1.78. The number of halogens is 1. The van der Waals surface area contributed by atoms with E-state index in [0.717, 1.165) is 22.8 Å². The third-order valence-electron chi connectivity index (χ3n) is 3.04. The zero-order chi connectivity index (χ0) is 13.1. The quantitative estimate of drug-likeness (QED) is 0.805. The minimum Gasteiger partial charge on any atom is -0.486 e. The smallest absolute Gasteiger partial charge is 0.161 e. The maximum Gasteiger partial charge on any atom is 0.161 e. The van der Waals surface area contributed by atoms with E-state index in [1.165, 1.54) is 0 Å². The lowest BCUT2D eigenvalue weighted by atomic mass is 10.1. The molecule has 1 atom stereocenters. The monoisotopic (exact) mass is 275 g/mol. The van der Waals surface area contributed by atoms with Crippen LogP contribution in [-0.2, 0) is 6.42 Å². The largest absolute Gasteiger partial charge is 0.486 e. The van der Waals surface area contributed by atoms with Gasteiger partial charge in [-0.3, -0.25) is 4.98 Å². The number of aromatic nitrogens is 1. The Morgan fingerprint density at radius 2 is 1.95 bits per heavy atom. The van der Waals surface area contributed by atoms with Crippen molar-refractivity contribution < 1.29 is 9.47 Å². The van der Waals surface area contributed by atoms with Crippen LogP contribution in [0.5, 0.6) is 11.5 Å². The van der Waals surface area contributed by atoms with Gasteiger partial charge in [0.15, 0.2) is 11.5 Å². The summed E-state index contributed by atoms with van der Waals surface area (Å²) in [6, 6.07) is 11.7. The number of hydrogen-bond donors (Lipinski definition) is 0. The summed E-state index contributed by atoms with van der Waals surface area (Å²) in [6.45, 7) is 1.19. The average Bonchev–Trinajstić information content (AvgIpc) is 2.48. The number of ether oxygens (including phenoxy) is 2. The normalized spacial score (nSPS) is 15.0. The second kappa shape index (κ2) is 5.49. The van der Waals surface area contributed by atoms with Crippen molar-refractivity contribution in [2.45, 2.75) is 11.8 Å². The molecule has 4 heteroatoms. The molecule has 0 fully saturated rings. The summed E-state index contributed by atoms with van der Waals surface area (Å²) in [5.74, 6) is 1.56. The fourth-order valence-corrected chi connectivity index (χ4v) is 2.37. The third-order valence-corrected chi connectivity index (χ3v) is 3.45. The zero-order valence-corrected chi connectivity index (χ0v) is 11.1. The van der Waals surface area contributed by atoms with Crippen LogP contribution in [0.1, 0.15) is 16.6 Å². The minimum absolute atomic E-state index is 0.120. The van der Waals surface area contributed by atoms with Crippen molar-refractivity contribution in [3.63, 3.8) is 0 Å². The molecule has 0 radical (unpaired) electrons. The Hall–Kier alpha value is -1.74. The molecular formula is C15H14ClNO2. The summed E-state index contributed by atoms with van der Waals surface area (Å²) in [4.78, 5) is 4.29. The molecule has 2 heterocycles. The molecule has 0 spiro atoms. The van der Waals surface area contributed by atoms with Crippen LogP contribution in [0.15, 0.2) is 42.6 Å². The molecule has 3 nitrogen and oxygen atoms in total. The molecule has 0 saturated carbocycles. The van der Waals surface area contributed by atoms with Gasteiger partial charge in [-0.25, -0.2) is 0 Å². The summed E-state index contributed by atoms with van der Waals surface area (Å²) in [5.41, 5.74) is 2.01. The van der Waals surface area contributed by atoms with Crippen LogP contribution in [0.2, 0.25) is 0 Å². The molecule has 1 aliphatic rings. The predicted molar refractivity (Wildman–Crippen MR) is 74.0 cm³/mol. The lowest BCUT2D eigenvalue weighted by molar-refractivity contribution is 0.171. The van der Waals surface area contributed by atoms with Crippen molar-refractivity contribution in [1.82, 2.24) is 4.98 Å². The molecule has 0 amide bonds. The van der Waals surface area contributed by atoms with E-state index in [2.05, 4.69) is 4.98 Å². The maximum absolute atomic E-state index is 6.45. The molecule has 1 unspecified atom stereocenters. The molecule has 19 heavy (non-hydrogen) atoms. The Kier molecular flexibility index (Phi) is 3.56. The van der Waals surface area contributed by atoms with Crippen molar-refractivity contribution in [2.24, 2.45) is 0 Å². The van der Waals surface area contributed by atoms with Crippen LogP contribution in [0.25, 0.3) is 0 Å². The first-order valence-electron chi connectivity index (χ1n) is 6.26. The summed E-state index contributed by atoms with van der Waals surface area (Å²) in [6.07, 6.45) is 2.48. The van der Waals surface area contributed by atoms with Crippen LogP contribution < -0.4 is 9.47 Å². The highest BCUT2D eigenvalue weighted by molar-refractivity contribution is 6.20. The van der Waals surface area contributed by atoms with Gasteiger partial charge in [0.05, 0.1) is 5.38 Å². The molecule has 0 N–H and O–H groups in total. The summed E-state index contributed by atoms with van der Waals surface area (Å²) < 4.78 is 11.1. The second-order valence-corrected chi connectivity index (χ2v) is 4.92. The van der Waals surface area contributed by atoms with Crippen LogP contribution in [0, 0.1) is 0 Å². The average molecular weight is 276 g/mol. The van der Waals surface area contributed by atoms with E-state index >= 15 is 0 Å². The molecule has 1 aliphatic heterocycles. The number of pyridine rings is 1. The summed E-state index contributed by atoms with van der Waals surface area (Å²) in [5, 5.41) is -0.120. The van der Waals surface area contributed by atoms with E-state index < -0.39 is 0 Å². The molecule has 0 aliphatic carbocycles. The highest BCUT2D eigenvalue weighted by Crippen LogP contribution is 2.35. The molecule has 3 rings (SSSR count). The first-order chi connectivity index (χ1) is 9.33.